The average Bonchev–Trinajstić information content (AvgIpc) is 3.71. The number of amides is 3. The van der Waals surface area contributed by atoms with Gasteiger partial charge in [-0.3, -0.25) is 4.79 Å². The van der Waals surface area contributed by atoms with Gasteiger partial charge < -0.3 is 29.3 Å². The Kier molecular flexibility index (Phi) is 8.46. The first kappa shape index (κ1) is 27.8. The van der Waals surface area contributed by atoms with Crippen LogP contribution in [0.25, 0.3) is 0 Å². The molecule has 3 heterocycles. The van der Waals surface area contributed by atoms with E-state index < -0.39 is 17.8 Å². The van der Waals surface area contributed by atoms with E-state index in [-0.39, 0.29) is 44.1 Å². The molecule has 1 fully saturated rings. The fraction of sp³-hybridized carbons (Fsp3) is 0.357. The van der Waals surface area contributed by atoms with Crippen LogP contribution in [0.1, 0.15) is 28.8 Å². The molecule has 3 amide bonds. The zero-order valence-corrected chi connectivity index (χ0v) is 22.3. The van der Waals surface area contributed by atoms with E-state index >= 15 is 0 Å². The number of carbonyl (C=O) groups is 2. The summed E-state index contributed by atoms with van der Waals surface area (Å²) in [6.07, 6.45) is -3.27. The van der Waals surface area contributed by atoms with E-state index in [0.717, 1.165) is 35.4 Å². The van der Waals surface area contributed by atoms with E-state index in [1.807, 2.05) is 29.6 Å². The van der Waals surface area contributed by atoms with Gasteiger partial charge in [0, 0.05) is 30.3 Å². The van der Waals surface area contributed by atoms with E-state index in [1.165, 1.54) is 28.4 Å². The normalized spacial score (nSPS) is 16.1. The summed E-state index contributed by atoms with van der Waals surface area (Å²) in [6, 6.07) is 13.0. The number of nitrogens with one attached hydrogen (secondary N) is 1. The lowest BCUT2D eigenvalue weighted by Gasteiger charge is -2.29. The molecule has 5 rings (SSSR count). The summed E-state index contributed by atoms with van der Waals surface area (Å²) in [4.78, 5) is 30.9. The molecular weight excluding hydrogens is 547 g/mol. The highest BCUT2D eigenvalue weighted by Gasteiger charge is 2.31. The van der Waals surface area contributed by atoms with Crippen LogP contribution in [0.2, 0.25) is 0 Å². The number of rotatable bonds is 9. The molecule has 40 heavy (non-hydrogen) atoms. The molecule has 2 aliphatic rings. The fourth-order valence-electron chi connectivity index (χ4n) is 4.58. The van der Waals surface area contributed by atoms with Gasteiger partial charge in [0.1, 0.15) is 6.54 Å². The van der Waals surface area contributed by atoms with Gasteiger partial charge >= 0.3 is 12.2 Å². The quantitative estimate of drug-likeness (QED) is 0.352. The lowest BCUT2D eigenvalue weighted by atomic mass is 10.1. The van der Waals surface area contributed by atoms with Gasteiger partial charge in [-0.1, -0.05) is 18.2 Å². The van der Waals surface area contributed by atoms with E-state index in [2.05, 4.69) is 5.32 Å². The third kappa shape index (κ3) is 7.05. The molecule has 12 heteroatoms. The maximum absolute atomic E-state index is 13.7. The highest BCUT2D eigenvalue weighted by atomic mass is 32.1. The molecule has 0 aliphatic carbocycles. The van der Waals surface area contributed by atoms with Crippen LogP contribution in [0.5, 0.6) is 11.5 Å². The Bertz CT molecular complexity index is 1330. The molecule has 1 saturated heterocycles. The number of alkyl halides is 3. The van der Waals surface area contributed by atoms with Gasteiger partial charge in [-0.15, -0.1) is 11.3 Å². The first-order valence-electron chi connectivity index (χ1n) is 12.8. The van der Waals surface area contributed by atoms with Crippen molar-refractivity contribution >= 4 is 29.0 Å². The summed E-state index contributed by atoms with van der Waals surface area (Å²) >= 11 is 1.51. The van der Waals surface area contributed by atoms with E-state index in [9.17, 15) is 22.8 Å². The number of hydrogen-bond donors (Lipinski definition) is 1. The van der Waals surface area contributed by atoms with Gasteiger partial charge in [-0.2, -0.15) is 13.2 Å². The molecule has 2 aliphatic heterocycles. The molecular formula is C28H28F3N3O5S. The van der Waals surface area contributed by atoms with E-state index in [1.54, 1.807) is 11.0 Å². The summed E-state index contributed by atoms with van der Waals surface area (Å²) in [6.45, 7) is 1.13. The second-order valence-electron chi connectivity index (χ2n) is 9.54. The minimum atomic E-state index is -4.55. The maximum Gasteiger partial charge on any atom is 0.416 e. The molecule has 8 nitrogen and oxygen atoms in total. The highest BCUT2D eigenvalue weighted by molar-refractivity contribution is 7.09. The third-order valence-corrected chi connectivity index (χ3v) is 7.45. The Morgan fingerprint density at radius 3 is 2.60 bits per heavy atom. The van der Waals surface area contributed by atoms with Gasteiger partial charge in [0.15, 0.2) is 11.5 Å². The number of ether oxygens (including phenoxy) is 3. The first-order valence-corrected chi connectivity index (χ1v) is 13.7. The van der Waals surface area contributed by atoms with Gasteiger partial charge in [0.2, 0.25) is 12.7 Å². The number of urea groups is 1. The van der Waals surface area contributed by atoms with Crippen molar-refractivity contribution in [1.29, 1.82) is 0 Å². The predicted octanol–water partition coefficient (Wildman–Crippen LogP) is 5.74. The summed E-state index contributed by atoms with van der Waals surface area (Å²) < 4.78 is 56.1. The minimum Gasteiger partial charge on any atom is -0.454 e. The molecule has 1 unspecified atom stereocenters. The monoisotopic (exact) mass is 575 g/mol. The Labute approximate surface area is 233 Å². The van der Waals surface area contributed by atoms with Crippen LogP contribution in [-0.2, 0) is 28.8 Å². The number of nitrogens with zero attached hydrogens (tertiary/aromatic N) is 2. The first-order chi connectivity index (χ1) is 19.2. The van der Waals surface area contributed by atoms with Crippen LogP contribution in [0.15, 0.2) is 60.0 Å². The SMILES string of the molecule is O=C(CN(CC1CCCO1)C(=O)Nc1cccc(C(F)(F)F)c1)N(Cc1ccc2c(c1)OCO2)Cc1cccs1. The predicted molar refractivity (Wildman–Crippen MR) is 142 cm³/mol. The molecule has 0 spiro atoms. The molecule has 2 aromatic carbocycles. The molecule has 1 aromatic heterocycles. The summed E-state index contributed by atoms with van der Waals surface area (Å²) in [5.74, 6) is 0.915. The van der Waals surface area contributed by atoms with Crippen LogP contribution in [0.3, 0.4) is 0 Å². The van der Waals surface area contributed by atoms with E-state index in [4.69, 9.17) is 14.2 Å². The average molecular weight is 576 g/mol. The van der Waals surface area contributed by atoms with Crippen LogP contribution in [0, 0.1) is 0 Å². The summed E-state index contributed by atoms with van der Waals surface area (Å²) in [5.41, 5.74) is -0.0634. The zero-order chi connectivity index (χ0) is 28.1. The van der Waals surface area contributed by atoms with Crippen LogP contribution in [0.4, 0.5) is 23.7 Å². The second-order valence-corrected chi connectivity index (χ2v) is 10.6. The van der Waals surface area contributed by atoms with Crippen molar-refractivity contribution in [2.45, 2.75) is 38.2 Å². The van der Waals surface area contributed by atoms with Gasteiger partial charge in [0.05, 0.1) is 18.2 Å². The van der Waals surface area contributed by atoms with E-state index in [0.29, 0.717) is 24.7 Å². The van der Waals surface area contributed by atoms with Gasteiger partial charge in [-0.25, -0.2) is 4.79 Å². The summed E-state index contributed by atoms with van der Waals surface area (Å²) in [7, 11) is 0. The third-order valence-electron chi connectivity index (χ3n) is 6.59. The Morgan fingerprint density at radius 2 is 1.85 bits per heavy atom. The maximum atomic E-state index is 13.7. The molecule has 0 bridgehead atoms. The van der Waals surface area contributed by atoms with Gasteiger partial charge in [-0.05, 0) is 60.2 Å². The van der Waals surface area contributed by atoms with Crippen molar-refractivity contribution in [2.75, 3.05) is 31.8 Å². The zero-order valence-electron chi connectivity index (χ0n) is 21.5. The lowest BCUT2D eigenvalue weighted by Crippen LogP contribution is -2.46. The number of fused-ring (bicyclic) bond motifs is 1. The Hall–Kier alpha value is -3.77. The summed E-state index contributed by atoms with van der Waals surface area (Å²) in [5, 5.41) is 4.45. The van der Waals surface area contributed by atoms with Crippen molar-refractivity contribution in [3.05, 3.63) is 76.0 Å². The van der Waals surface area contributed by atoms with Gasteiger partial charge in [0.25, 0.3) is 0 Å². The van der Waals surface area contributed by atoms with Crippen molar-refractivity contribution in [3.63, 3.8) is 0 Å². The molecule has 1 N–H and O–H groups in total. The topological polar surface area (TPSA) is 80.3 Å². The number of hydrogen-bond acceptors (Lipinski definition) is 6. The van der Waals surface area contributed by atoms with Crippen LogP contribution in [-0.4, -0.2) is 54.3 Å². The Balaban J connectivity index is 1.34. The molecule has 3 aromatic rings. The lowest BCUT2D eigenvalue weighted by molar-refractivity contribution is -0.137. The van der Waals surface area contributed by atoms with Crippen molar-refractivity contribution < 1.29 is 37.0 Å². The van der Waals surface area contributed by atoms with Crippen molar-refractivity contribution in [1.82, 2.24) is 9.80 Å². The second kappa shape index (κ2) is 12.2. The van der Waals surface area contributed by atoms with Crippen molar-refractivity contribution in [3.8, 4) is 11.5 Å². The fourth-order valence-corrected chi connectivity index (χ4v) is 5.29. The highest BCUT2D eigenvalue weighted by Crippen LogP contribution is 2.33. The standard InChI is InChI=1S/C28H28F3N3O5S/c29-28(30,31)20-4-1-5-21(13-20)32-27(36)34(15-22-6-2-10-37-22)17-26(35)33(16-23-7-3-11-40-23)14-19-8-9-24-25(12-19)39-18-38-24/h1,3-5,7-9,11-13,22H,2,6,10,14-18H2,(H,32,36). The number of thiophene rings is 1. The number of carbonyl (C=O) groups excluding carboxylic acids is 2. The Morgan fingerprint density at radius 1 is 1.00 bits per heavy atom. The molecule has 212 valence electrons. The smallest absolute Gasteiger partial charge is 0.416 e. The largest absolute Gasteiger partial charge is 0.454 e. The molecule has 0 radical (unpaired) electrons. The minimum absolute atomic E-state index is 0.0135. The van der Waals surface area contributed by atoms with Crippen LogP contribution >= 0.6 is 11.3 Å². The van der Waals surface area contributed by atoms with Crippen LogP contribution < -0.4 is 14.8 Å². The number of halogens is 3. The molecule has 1 atom stereocenters. The number of anilines is 1. The molecule has 0 saturated carbocycles. The number of benzene rings is 2. The van der Waals surface area contributed by atoms with Crippen molar-refractivity contribution in [2.24, 2.45) is 0 Å².